The van der Waals surface area contributed by atoms with Crippen LogP contribution in [0.2, 0.25) is 0 Å². The number of rotatable bonds is 2. The molecule has 0 aliphatic carbocycles. The number of methoxy groups -OCH3 is 1. The van der Waals surface area contributed by atoms with Crippen LogP contribution in [0.1, 0.15) is 12.0 Å². The van der Waals surface area contributed by atoms with E-state index in [2.05, 4.69) is 28.4 Å². The number of nitrogens with one attached hydrogen (secondary N) is 1. The summed E-state index contributed by atoms with van der Waals surface area (Å²) in [6, 6.07) is 7.13. The molecule has 0 aromatic heterocycles. The zero-order valence-corrected chi connectivity index (χ0v) is 9.70. The molecule has 2 heterocycles. The Kier molecular flexibility index (Phi) is 2.48. The van der Waals surface area contributed by atoms with Crippen molar-refractivity contribution in [1.29, 1.82) is 0 Å². The Morgan fingerprint density at radius 1 is 1.44 bits per heavy atom. The lowest BCUT2D eigenvalue weighted by Gasteiger charge is -2.26. The van der Waals surface area contributed by atoms with Crippen LogP contribution in [0.5, 0.6) is 5.75 Å². The second-order valence-electron chi connectivity index (χ2n) is 4.58. The van der Waals surface area contributed by atoms with Crippen molar-refractivity contribution in [3.63, 3.8) is 0 Å². The average molecular weight is 218 g/mol. The van der Waals surface area contributed by atoms with E-state index in [4.69, 9.17) is 4.74 Å². The van der Waals surface area contributed by atoms with Crippen molar-refractivity contribution in [1.82, 2.24) is 5.32 Å². The highest BCUT2D eigenvalue weighted by Crippen LogP contribution is 2.34. The molecule has 2 aliphatic rings. The molecule has 3 nitrogen and oxygen atoms in total. The monoisotopic (exact) mass is 218 g/mol. The molecule has 1 aromatic carbocycles. The van der Waals surface area contributed by atoms with E-state index in [0.717, 1.165) is 25.4 Å². The molecule has 1 fully saturated rings. The van der Waals surface area contributed by atoms with Gasteiger partial charge in [0.05, 0.1) is 7.11 Å². The maximum Gasteiger partial charge on any atom is 0.120 e. The van der Waals surface area contributed by atoms with Crippen LogP contribution in [0, 0.1) is 0 Å². The van der Waals surface area contributed by atoms with Gasteiger partial charge in [-0.25, -0.2) is 0 Å². The van der Waals surface area contributed by atoms with Crippen molar-refractivity contribution in [2.75, 3.05) is 31.6 Å². The molecule has 1 N–H and O–H groups in total. The van der Waals surface area contributed by atoms with Crippen LogP contribution < -0.4 is 15.0 Å². The zero-order chi connectivity index (χ0) is 11.0. The number of anilines is 1. The number of hydrogen-bond acceptors (Lipinski definition) is 3. The third-order valence-electron chi connectivity index (χ3n) is 3.70. The molecular weight excluding hydrogens is 200 g/mol. The van der Waals surface area contributed by atoms with Gasteiger partial charge in [0.15, 0.2) is 0 Å². The van der Waals surface area contributed by atoms with Crippen LogP contribution in [0.15, 0.2) is 18.2 Å². The molecule has 0 radical (unpaired) electrons. The minimum Gasteiger partial charge on any atom is -0.497 e. The Morgan fingerprint density at radius 2 is 2.38 bits per heavy atom. The number of hydrogen-bond donors (Lipinski definition) is 1. The molecule has 3 rings (SSSR count). The molecule has 1 saturated heterocycles. The predicted molar refractivity (Wildman–Crippen MR) is 65.3 cm³/mol. The molecule has 0 bridgehead atoms. The number of fused-ring (bicyclic) bond motifs is 1. The van der Waals surface area contributed by atoms with Crippen LogP contribution in [0.25, 0.3) is 0 Å². The van der Waals surface area contributed by atoms with Gasteiger partial charge in [0.1, 0.15) is 5.75 Å². The molecular formula is C13H18N2O. The maximum absolute atomic E-state index is 5.31. The highest BCUT2D eigenvalue weighted by Gasteiger charge is 2.28. The standard InChI is InChI=1S/C13H18N2O/c1-16-12-3-2-10-5-7-15(13(10)8-12)11-4-6-14-9-11/h2-3,8,11,14H,4-7,9H2,1H3. The minimum absolute atomic E-state index is 0.674. The second kappa shape index (κ2) is 3.98. The van der Waals surface area contributed by atoms with Gasteiger partial charge in [-0.2, -0.15) is 0 Å². The molecule has 86 valence electrons. The third-order valence-corrected chi connectivity index (χ3v) is 3.70. The average Bonchev–Trinajstić information content (AvgIpc) is 2.96. The van der Waals surface area contributed by atoms with Crippen LogP contribution in [0.4, 0.5) is 5.69 Å². The van der Waals surface area contributed by atoms with Gasteiger partial charge in [0.2, 0.25) is 0 Å². The van der Waals surface area contributed by atoms with Crippen molar-refractivity contribution in [2.45, 2.75) is 18.9 Å². The second-order valence-corrected chi connectivity index (χ2v) is 4.58. The fourth-order valence-corrected chi connectivity index (χ4v) is 2.80. The van der Waals surface area contributed by atoms with Crippen molar-refractivity contribution in [2.24, 2.45) is 0 Å². The number of ether oxygens (including phenoxy) is 1. The SMILES string of the molecule is COc1ccc2c(c1)N(C1CCNC1)CC2. The lowest BCUT2D eigenvalue weighted by molar-refractivity contribution is 0.414. The Bertz CT molecular complexity index is 386. The van der Waals surface area contributed by atoms with Crippen LogP contribution in [-0.4, -0.2) is 32.8 Å². The molecule has 2 aliphatic heterocycles. The Morgan fingerprint density at radius 3 is 3.12 bits per heavy atom. The molecule has 16 heavy (non-hydrogen) atoms. The van der Waals surface area contributed by atoms with E-state index in [0.29, 0.717) is 6.04 Å². The molecule has 1 unspecified atom stereocenters. The van der Waals surface area contributed by atoms with E-state index in [1.54, 1.807) is 7.11 Å². The summed E-state index contributed by atoms with van der Waals surface area (Å²) < 4.78 is 5.31. The smallest absolute Gasteiger partial charge is 0.120 e. The molecule has 0 saturated carbocycles. The maximum atomic E-state index is 5.31. The Labute approximate surface area is 96.4 Å². The molecule has 0 spiro atoms. The summed E-state index contributed by atoms with van der Waals surface area (Å²) in [5.41, 5.74) is 2.85. The van der Waals surface area contributed by atoms with Crippen LogP contribution in [-0.2, 0) is 6.42 Å². The van der Waals surface area contributed by atoms with Gasteiger partial charge < -0.3 is 15.0 Å². The summed E-state index contributed by atoms with van der Waals surface area (Å²) in [6.07, 6.45) is 2.44. The van der Waals surface area contributed by atoms with E-state index >= 15 is 0 Å². The van der Waals surface area contributed by atoms with E-state index in [-0.39, 0.29) is 0 Å². The highest BCUT2D eigenvalue weighted by molar-refractivity contribution is 5.61. The summed E-state index contributed by atoms with van der Waals surface area (Å²) in [5.74, 6) is 0.969. The highest BCUT2D eigenvalue weighted by atomic mass is 16.5. The van der Waals surface area contributed by atoms with E-state index in [9.17, 15) is 0 Å². The summed E-state index contributed by atoms with van der Waals surface area (Å²) in [6.45, 7) is 3.44. The van der Waals surface area contributed by atoms with Crippen molar-refractivity contribution in [3.8, 4) is 5.75 Å². The van der Waals surface area contributed by atoms with Gasteiger partial charge >= 0.3 is 0 Å². The summed E-state index contributed by atoms with van der Waals surface area (Å²) >= 11 is 0. The van der Waals surface area contributed by atoms with Gasteiger partial charge in [-0.1, -0.05) is 6.07 Å². The lowest BCUT2D eigenvalue weighted by atomic mass is 10.1. The topological polar surface area (TPSA) is 24.5 Å². The van der Waals surface area contributed by atoms with Gasteiger partial charge in [-0.05, 0) is 31.0 Å². The summed E-state index contributed by atoms with van der Waals surface area (Å²) in [4.78, 5) is 2.54. The molecule has 1 atom stereocenters. The minimum atomic E-state index is 0.674. The fourth-order valence-electron chi connectivity index (χ4n) is 2.80. The number of benzene rings is 1. The number of nitrogens with zero attached hydrogens (tertiary/aromatic N) is 1. The molecule has 1 aromatic rings. The van der Waals surface area contributed by atoms with Gasteiger partial charge in [-0.15, -0.1) is 0 Å². The van der Waals surface area contributed by atoms with Crippen molar-refractivity contribution >= 4 is 5.69 Å². The normalized spacial score (nSPS) is 23.6. The van der Waals surface area contributed by atoms with E-state index in [1.165, 1.54) is 24.1 Å². The first-order valence-corrected chi connectivity index (χ1v) is 6.03. The van der Waals surface area contributed by atoms with Crippen LogP contribution >= 0.6 is 0 Å². The zero-order valence-electron chi connectivity index (χ0n) is 9.70. The fraction of sp³-hybridized carbons (Fsp3) is 0.538. The summed E-state index contributed by atoms with van der Waals surface area (Å²) in [7, 11) is 1.73. The van der Waals surface area contributed by atoms with Crippen molar-refractivity contribution in [3.05, 3.63) is 23.8 Å². The Hall–Kier alpha value is -1.22. The first kappa shape index (κ1) is 9.97. The van der Waals surface area contributed by atoms with E-state index in [1.807, 2.05) is 0 Å². The third kappa shape index (κ3) is 1.55. The first-order valence-electron chi connectivity index (χ1n) is 6.03. The summed E-state index contributed by atoms with van der Waals surface area (Å²) in [5, 5.41) is 3.44. The molecule has 0 amide bonds. The van der Waals surface area contributed by atoms with Gasteiger partial charge in [-0.3, -0.25) is 0 Å². The van der Waals surface area contributed by atoms with Crippen molar-refractivity contribution < 1.29 is 4.74 Å². The Balaban J connectivity index is 1.90. The molecule has 3 heteroatoms. The van der Waals surface area contributed by atoms with Crippen LogP contribution in [0.3, 0.4) is 0 Å². The van der Waals surface area contributed by atoms with E-state index < -0.39 is 0 Å². The van der Waals surface area contributed by atoms with Gasteiger partial charge in [0, 0.05) is 30.9 Å². The van der Waals surface area contributed by atoms with Gasteiger partial charge in [0.25, 0.3) is 0 Å². The predicted octanol–water partition coefficient (Wildman–Crippen LogP) is 1.42. The lowest BCUT2D eigenvalue weighted by Crippen LogP contribution is -2.35. The largest absolute Gasteiger partial charge is 0.497 e. The first-order chi connectivity index (χ1) is 7.88. The quantitative estimate of drug-likeness (QED) is 0.812.